The highest BCUT2D eigenvalue weighted by molar-refractivity contribution is 6.30. The van der Waals surface area contributed by atoms with Crippen molar-refractivity contribution in [1.82, 2.24) is 9.55 Å². The van der Waals surface area contributed by atoms with Crippen LogP contribution >= 0.6 is 23.2 Å². The van der Waals surface area contributed by atoms with Gasteiger partial charge in [-0.1, -0.05) is 29.8 Å². The highest BCUT2D eigenvalue weighted by Crippen LogP contribution is 2.28. The fourth-order valence-electron chi connectivity index (χ4n) is 2.69. The molecule has 0 saturated carbocycles. The van der Waals surface area contributed by atoms with Crippen molar-refractivity contribution >= 4 is 34.2 Å². The number of hydrogen-bond donors (Lipinski definition) is 0. The molecule has 2 aromatic carbocycles. The molecule has 0 radical (unpaired) electrons. The smallest absolute Gasteiger partial charge is 0.125 e. The van der Waals surface area contributed by atoms with Crippen molar-refractivity contribution in [3.05, 3.63) is 64.4 Å². The van der Waals surface area contributed by atoms with Gasteiger partial charge in [0, 0.05) is 5.02 Å². The van der Waals surface area contributed by atoms with Gasteiger partial charge in [0.05, 0.1) is 23.0 Å². The van der Waals surface area contributed by atoms with Gasteiger partial charge in [-0.15, -0.1) is 11.6 Å². The normalized spacial score (nSPS) is 12.8. The minimum absolute atomic E-state index is 0.129. The van der Waals surface area contributed by atoms with Gasteiger partial charge in [-0.3, -0.25) is 0 Å². The molecule has 0 aliphatic heterocycles. The van der Waals surface area contributed by atoms with Gasteiger partial charge in [-0.2, -0.15) is 0 Å². The second kappa shape index (κ2) is 5.70. The number of rotatable bonds is 3. The Balaban J connectivity index is 2.20. The Labute approximate surface area is 134 Å². The van der Waals surface area contributed by atoms with Gasteiger partial charge in [0.25, 0.3) is 0 Å². The van der Waals surface area contributed by atoms with Gasteiger partial charge in [0.2, 0.25) is 0 Å². The van der Waals surface area contributed by atoms with E-state index in [1.165, 1.54) is 5.56 Å². The van der Waals surface area contributed by atoms with E-state index in [-0.39, 0.29) is 6.04 Å². The summed E-state index contributed by atoms with van der Waals surface area (Å²) in [5, 5.41) is 0.743. The quantitative estimate of drug-likeness (QED) is 0.595. The number of alkyl halides is 1. The average molecular weight is 319 g/mol. The monoisotopic (exact) mass is 318 g/mol. The van der Waals surface area contributed by atoms with Gasteiger partial charge < -0.3 is 4.57 Å². The molecule has 0 fully saturated rings. The van der Waals surface area contributed by atoms with Crippen molar-refractivity contribution in [2.45, 2.75) is 25.8 Å². The summed E-state index contributed by atoms with van der Waals surface area (Å²) in [7, 11) is 0. The minimum Gasteiger partial charge on any atom is -0.320 e. The number of benzene rings is 2. The molecule has 1 unspecified atom stereocenters. The maximum absolute atomic E-state index is 6.12. The highest BCUT2D eigenvalue weighted by atomic mass is 35.5. The second-order valence-corrected chi connectivity index (χ2v) is 5.96. The highest BCUT2D eigenvalue weighted by Gasteiger charge is 2.17. The summed E-state index contributed by atoms with van der Waals surface area (Å²) in [4.78, 5) is 4.64. The lowest BCUT2D eigenvalue weighted by molar-refractivity contribution is 0.634. The van der Waals surface area contributed by atoms with Crippen LogP contribution in [-0.4, -0.2) is 9.55 Å². The number of halogens is 2. The average Bonchev–Trinajstić information content (AvgIpc) is 2.84. The van der Waals surface area contributed by atoms with E-state index in [0.717, 1.165) is 27.4 Å². The third kappa shape index (κ3) is 2.66. The molecule has 1 heterocycles. The SMILES string of the molecule is Cc1ccc2nc(CCl)n(C(C)c3cccc(Cl)c3)c2c1. The summed E-state index contributed by atoms with van der Waals surface area (Å²) in [6.07, 6.45) is 0. The molecule has 21 heavy (non-hydrogen) atoms. The van der Waals surface area contributed by atoms with E-state index >= 15 is 0 Å². The molecule has 3 rings (SSSR count). The molecule has 4 heteroatoms. The molecule has 0 amide bonds. The van der Waals surface area contributed by atoms with Crippen LogP contribution in [0.2, 0.25) is 5.02 Å². The van der Waals surface area contributed by atoms with Crippen molar-refractivity contribution in [3.8, 4) is 0 Å². The van der Waals surface area contributed by atoms with Gasteiger partial charge in [0.15, 0.2) is 0 Å². The number of nitrogens with zero attached hydrogens (tertiary/aromatic N) is 2. The molecule has 0 aliphatic carbocycles. The van der Waals surface area contributed by atoms with Crippen LogP contribution < -0.4 is 0 Å². The predicted octanol–water partition coefficient (Wildman–Crippen LogP) is 5.35. The summed E-state index contributed by atoms with van der Waals surface area (Å²) in [5.41, 5.74) is 4.45. The van der Waals surface area contributed by atoms with Crippen LogP contribution in [0, 0.1) is 6.92 Å². The van der Waals surface area contributed by atoms with E-state index < -0.39 is 0 Å². The van der Waals surface area contributed by atoms with Crippen molar-refractivity contribution in [2.75, 3.05) is 0 Å². The van der Waals surface area contributed by atoms with Crippen LogP contribution in [0.25, 0.3) is 11.0 Å². The lowest BCUT2D eigenvalue weighted by Crippen LogP contribution is -2.10. The lowest BCUT2D eigenvalue weighted by atomic mass is 10.1. The Bertz CT molecular complexity index is 793. The fourth-order valence-corrected chi connectivity index (χ4v) is 3.08. The fraction of sp³-hybridized carbons (Fsp3) is 0.235. The Hall–Kier alpha value is -1.51. The van der Waals surface area contributed by atoms with Crippen LogP contribution in [0.1, 0.15) is 29.9 Å². The summed E-state index contributed by atoms with van der Waals surface area (Å²) in [6.45, 7) is 4.23. The summed E-state index contributed by atoms with van der Waals surface area (Å²) in [6, 6.07) is 14.3. The second-order valence-electron chi connectivity index (χ2n) is 5.25. The van der Waals surface area contributed by atoms with Crippen molar-refractivity contribution < 1.29 is 0 Å². The van der Waals surface area contributed by atoms with E-state index in [9.17, 15) is 0 Å². The first-order chi connectivity index (χ1) is 10.1. The van der Waals surface area contributed by atoms with E-state index in [0.29, 0.717) is 5.88 Å². The summed E-state index contributed by atoms with van der Waals surface area (Å²) >= 11 is 12.2. The Morgan fingerprint density at radius 1 is 1.19 bits per heavy atom. The maximum Gasteiger partial charge on any atom is 0.125 e. The molecule has 0 spiro atoms. The molecule has 0 bridgehead atoms. The van der Waals surface area contributed by atoms with E-state index in [1.54, 1.807) is 0 Å². The van der Waals surface area contributed by atoms with E-state index in [1.807, 2.05) is 24.3 Å². The Kier molecular flexibility index (Phi) is 3.92. The maximum atomic E-state index is 6.12. The third-order valence-corrected chi connectivity index (χ3v) is 4.23. The zero-order chi connectivity index (χ0) is 15.0. The number of fused-ring (bicyclic) bond motifs is 1. The molecular weight excluding hydrogens is 303 g/mol. The van der Waals surface area contributed by atoms with Crippen LogP contribution in [0.5, 0.6) is 0 Å². The first-order valence-corrected chi connectivity index (χ1v) is 7.80. The number of imidazole rings is 1. The molecule has 3 aromatic rings. The number of aromatic nitrogens is 2. The Morgan fingerprint density at radius 2 is 2.00 bits per heavy atom. The minimum atomic E-state index is 0.129. The van der Waals surface area contributed by atoms with Crippen LogP contribution in [0.15, 0.2) is 42.5 Å². The topological polar surface area (TPSA) is 17.8 Å². The van der Waals surface area contributed by atoms with Crippen molar-refractivity contribution in [1.29, 1.82) is 0 Å². The zero-order valence-corrected chi connectivity index (χ0v) is 13.5. The van der Waals surface area contributed by atoms with Gasteiger partial charge in [-0.25, -0.2) is 4.98 Å². The van der Waals surface area contributed by atoms with Crippen molar-refractivity contribution in [3.63, 3.8) is 0 Å². The largest absolute Gasteiger partial charge is 0.320 e. The van der Waals surface area contributed by atoms with E-state index in [2.05, 4.69) is 41.6 Å². The van der Waals surface area contributed by atoms with Crippen LogP contribution in [0.3, 0.4) is 0 Å². The first kappa shape index (κ1) is 14.4. The van der Waals surface area contributed by atoms with Crippen LogP contribution in [-0.2, 0) is 5.88 Å². The van der Waals surface area contributed by atoms with Gasteiger partial charge in [0.1, 0.15) is 5.82 Å². The molecule has 0 aliphatic rings. The lowest BCUT2D eigenvalue weighted by Gasteiger charge is -2.18. The van der Waals surface area contributed by atoms with Gasteiger partial charge >= 0.3 is 0 Å². The summed E-state index contributed by atoms with van der Waals surface area (Å²) in [5.74, 6) is 1.27. The zero-order valence-electron chi connectivity index (χ0n) is 12.0. The molecular formula is C17H16Cl2N2. The molecule has 0 saturated heterocycles. The predicted molar refractivity (Wildman–Crippen MR) is 89.3 cm³/mol. The standard InChI is InChI=1S/C17H16Cl2N2/c1-11-6-7-15-16(8-11)21(17(10-18)20-15)12(2)13-4-3-5-14(19)9-13/h3-9,12H,10H2,1-2H3. The van der Waals surface area contributed by atoms with Crippen LogP contribution in [0.4, 0.5) is 0 Å². The molecule has 1 aromatic heterocycles. The summed E-state index contributed by atoms with van der Waals surface area (Å²) < 4.78 is 2.20. The Morgan fingerprint density at radius 3 is 2.71 bits per heavy atom. The van der Waals surface area contributed by atoms with E-state index in [4.69, 9.17) is 23.2 Å². The number of aryl methyl sites for hydroxylation is 1. The first-order valence-electron chi connectivity index (χ1n) is 6.89. The molecule has 108 valence electrons. The van der Waals surface area contributed by atoms with Crippen molar-refractivity contribution in [2.24, 2.45) is 0 Å². The number of hydrogen-bond acceptors (Lipinski definition) is 1. The molecule has 0 N–H and O–H groups in total. The van der Waals surface area contributed by atoms with Gasteiger partial charge in [-0.05, 0) is 49.2 Å². The molecule has 2 nitrogen and oxygen atoms in total. The molecule has 1 atom stereocenters. The third-order valence-electron chi connectivity index (χ3n) is 3.76.